The van der Waals surface area contributed by atoms with E-state index in [9.17, 15) is 9.59 Å². The summed E-state index contributed by atoms with van der Waals surface area (Å²) in [5, 5.41) is 6.40. The SMILES string of the molecule is COC(=O)c1cccc(NCC(=O)Nc2ccc(Cl)cc2C)c1. The molecule has 0 aliphatic heterocycles. The highest BCUT2D eigenvalue weighted by Gasteiger charge is 2.08. The normalized spacial score (nSPS) is 10.0. The first-order valence-electron chi connectivity index (χ1n) is 6.98. The maximum absolute atomic E-state index is 12.0. The molecule has 2 N–H and O–H groups in total. The molecular weight excluding hydrogens is 316 g/mol. The van der Waals surface area contributed by atoms with Gasteiger partial charge in [0.15, 0.2) is 0 Å². The average Bonchev–Trinajstić information content (AvgIpc) is 2.55. The molecule has 0 bridgehead atoms. The Kier molecular flexibility index (Phi) is 5.60. The second kappa shape index (κ2) is 7.65. The number of carbonyl (C=O) groups excluding carboxylic acids is 2. The van der Waals surface area contributed by atoms with Crippen LogP contribution >= 0.6 is 11.6 Å². The highest BCUT2D eigenvalue weighted by atomic mass is 35.5. The molecule has 0 fully saturated rings. The number of hydrogen-bond acceptors (Lipinski definition) is 4. The van der Waals surface area contributed by atoms with Gasteiger partial charge in [0.2, 0.25) is 5.91 Å². The van der Waals surface area contributed by atoms with Crippen LogP contribution in [0.15, 0.2) is 42.5 Å². The second-order valence-corrected chi connectivity index (χ2v) is 5.37. The number of amides is 1. The summed E-state index contributed by atoms with van der Waals surface area (Å²) in [6.45, 7) is 1.95. The molecule has 2 aromatic carbocycles. The van der Waals surface area contributed by atoms with Crippen molar-refractivity contribution in [2.75, 3.05) is 24.3 Å². The van der Waals surface area contributed by atoms with Crippen LogP contribution in [0.5, 0.6) is 0 Å². The number of methoxy groups -OCH3 is 1. The van der Waals surface area contributed by atoms with E-state index in [1.165, 1.54) is 7.11 Å². The quantitative estimate of drug-likeness (QED) is 0.822. The number of carbonyl (C=O) groups is 2. The summed E-state index contributed by atoms with van der Waals surface area (Å²) < 4.78 is 4.66. The molecule has 23 heavy (non-hydrogen) atoms. The Morgan fingerprint density at radius 2 is 1.96 bits per heavy atom. The monoisotopic (exact) mass is 332 g/mol. The highest BCUT2D eigenvalue weighted by molar-refractivity contribution is 6.30. The Bertz CT molecular complexity index is 732. The van der Waals surface area contributed by atoms with Gasteiger partial charge in [-0.05, 0) is 48.9 Å². The van der Waals surface area contributed by atoms with Crippen LogP contribution in [0, 0.1) is 6.92 Å². The van der Waals surface area contributed by atoms with Gasteiger partial charge < -0.3 is 15.4 Å². The lowest BCUT2D eigenvalue weighted by Gasteiger charge is -2.10. The number of ether oxygens (including phenoxy) is 1. The van der Waals surface area contributed by atoms with Crippen LogP contribution in [0.25, 0.3) is 0 Å². The summed E-state index contributed by atoms with van der Waals surface area (Å²) in [6.07, 6.45) is 0. The predicted octanol–water partition coefficient (Wildman–Crippen LogP) is 3.49. The summed E-state index contributed by atoms with van der Waals surface area (Å²) >= 11 is 5.88. The van der Waals surface area contributed by atoms with E-state index in [4.69, 9.17) is 11.6 Å². The molecule has 1 amide bonds. The minimum atomic E-state index is -0.421. The number of aryl methyl sites for hydroxylation is 1. The summed E-state index contributed by atoms with van der Waals surface area (Å²) in [4.78, 5) is 23.5. The maximum Gasteiger partial charge on any atom is 0.337 e. The van der Waals surface area contributed by atoms with Gasteiger partial charge in [-0.25, -0.2) is 4.79 Å². The third kappa shape index (κ3) is 4.72. The van der Waals surface area contributed by atoms with E-state index in [1.54, 1.807) is 42.5 Å². The lowest BCUT2D eigenvalue weighted by molar-refractivity contribution is -0.114. The van der Waals surface area contributed by atoms with Crippen LogP contribution in [0.1, 0.15) is 15.9 Å². The van der Waals surface area contributed by atoms with Crippen LogP contribution in [-0.2, 0) is 9.53 Å². The van der Waals surface area contributed by atoms with Crippen molar-refractivity contribution < 1.29 is 14.3 Å². The first-order valence-corrected chi connectivity index (χ1v) is 7.35. The Morgan fingerprint density at radius 3 is 2.65 bits per heavy atom. The van der Waals surface area contributed by atoms with E-state index < -0.39 is 5.97 Å². The van der Waals surface area contributed by atoms with Gasteiger partial charge in [-0.2, -0.15) is 0 Å². The minimum absolute atomic E-state index is 0.0761. The van der Waals surface area contributed by atoms with Crippen LogP contribution < -0.4 is 10.6 Å². The van der Waals surface area contributed by atoms with E-state index in [2.05, 4.69) is 15.4 Å². The molecular formula is C17H17ClN2O3. The Morgan fingerprint density at radius 1 is 1.17 bits per heavy atom. The molecule has 2 aromatic rings. The Hall–Kier alpha value is -2.53. The van der Waals surface area contributed by atoms with Crippen molar-refractivity contribution in [2.24, 2.45) is 0 Å². The fraction of sp³-hybridized carbons (Fsp3) is 0.176. The number of esters is 1. The summed E-state index contributed by atoms with van der Waals surface area (Å²) in [7, 11) is 1.32. The lowest BCUT2D eigenvalue weighted by Crippen LogP contribution is -2.22. The van der Waals surface area contributed by atoms with Gasteiger partial charge >= 0.3 is 5.97 Å². The molecule has 0 spiro atoms. The lowest BCUT2D eigenvalue weighted by atomic mass is 10.2. The molecule has 0 saturated carbocycles. The van der Waals surface area contributed by atoms with Crippen molar-refractivity contribution in [1.29, 1.82) is 0 Å². The number of halogens is 1. The van der Waals surface area contributed by atoms with Gasteiger partial charge in [-0.15, -0.1) is 0 Å². The van der Waals surface area contributed by atoms with E-state index >= 15 is 0 Å². The van der Waals surface area contributed by atoms with E-state index in [0.29, 0.717) is 22.0 Å². The van der Waals surface area contributed by atoms with Gasteiger partial charge in [-0.1, -0.05) is 17.7 Å². The fourth-order valence-corrected chi connectivity index (χ4v) is 2.24. The summed E-state index contributed by atoms with van der Waals surface area (Å²) in [5.41, 5.74) is 2.69. The van der Waals surface area contributed by atoms with Crippen molar-refractivity contribution in [3.8, 4) is 0 Å². The smallest absolute Gasteiger partial charge is 0.337 e. The Balaban J connectivity index is 1.95. The number of nitrogens with one attached hydrogen (secondary N) is 2. The zero-order chi connectivity index (χ0) is 16.8. The van der Waals surface area contributed by atoms with Crippen LogP contribution in [0.4, 0.5) is 11.4 Å². The highest BCUT2D eigenvalue weighted by Crippen LogP contribution is 2.19. The second-order valence-electron chi connectivity index (χ2n) is 4.93. The van der Waals surface area contributed by atoms with E-state index in [0.717, 1.165) is 5.56 Å². The first kappa shape index (κ1) is 16.8. The van der Waals surface area contributed by atoms with Gasteiger partial charge in [0, 0.05) is 16.4 Å². The maximum atomic E-state index is 12.0. The van der Waals surface area contributed by atoms with Crippen LogP contribution in [0.3, 0.4) is 0 Å². The first-order chi connectivity index (χ1) is 11.0. The van der Waals surface area contributed by atoms with Crippen molar-refractivity contribution >= 4 is 34.9 Å². The molecule has 0 atom stereocenters. The van der Waals surface area contributed by atoms with Crippen molar-refractivity contribution in [3.63, 3.8) is 0 Å². The number of rotatable bonds is 5. The van der Waals surface area contributed by atoms with Crippen molar-refractivity contribution in [2.45, 2.75) is 6.92 Å². The summed E-state index contributed by atoms with van der Waals surface area (Å²) in [5.74, 6) is -0.617. The van der Waals surface area contributed by atoms with Crippen molar-refractivity contribution in [3.05, 3.63) is 58.6 Å². The molecule has 120 valence electrons. The molecule has 5 nitrogen and oxygen atoms in total. The number of hydrogen-bond donors (Lipinski definition) is 2. The third-order valence-corrected chi connectivity index (χ3v) is 3.43. The molecule has 6 heteroatoms. The molecule has 0 aromatic heterocycles. The number of anilines is 2. The van der Waals surface area contributed by atoms with Crippen LogP contribution in [-0.4, -0.2) is 25.5 Å². The van der Waals surface area contributed by atoms with Gasteiger partial charge in [-0.3, -0.25) is 4.79 Å². The minimum Gasteiger partial charge on any atom is -0.465 e. The Labute approximate surface area is 139 Å². The molecule has 0 heterocycles. The van der Waals surface area contributed by atoms with Gasteiger partial charge in [0.05, 0.1) is 19.2 Å². The van der Waals surface area contributed by atoms with Gasteiger partial charge in [0.25, 0.3) is 0 Å². The fourth-order valence-electron chi connectivity index (χ4n) is 2.02. The molecule has 0 saturated heterocycles. The predicted molar refractivity (Wildman–Crippen MR) is 91.1 cm³/mol. The summed E-state index contributed by atoms with van der Waals surface area (Å²) in [6, 6.07) is 12.0. The zero-order valence-corrected chi connectivity index (χ0v) is 13.6. The van der Waals surface area contributed by atoms with E-state index in [1.807, 2.05) is 6.92 Å². The molecule has 0 aliphatic carbocycles. The molecule has 0 radical (unpaired) electrons. The standard InChI is InChI=1S/C17H17ClN2O3/c1-11-8-13(18)6-7-15(11)20-16(21)10-19-14-5-3-4-12(9-14)17(22)23-2/h3-9,19H,10H2,1-2H3,(H,20,21). The largest absolute Gasteiger partial charge is 0.465 e. The van der Waals surface area contributed by atoms with Gasteiger partial charge in [0.1, 0.15) is 0 Å². The molecule has 0 unspecified atom stereocenters. The molecule has 2 rings (SSSR count). The molecule has 0 aliphatic rings. The average molecular weight is 333 g/mol. The third-order valence-electron chi connectivity index (χ3n) is 3.20. The topological polar surface area (TPSA) is 67.4 Å². The van der Waals surface area contributed by atoms with E-state index in [-0.39, 0.29) is 12.5 Å². The zero-order valence-electron chi connectivity index (χ0n) is 12.9. The van der Waals surface area contributed by atoms with Crippen LogP contribution in [0.2, 0.25) is 5.02 Å². The van der Waals surface area contributed by atoms with Crippen molar-refractivity contribution in [1.82, 2.24) is 0 Å². The number of benzene rings is 2.